The first-order chi connectivity index (χ1) is 37.6. The molecule has 2 fully saturated rings. The molecule has 13 N–H and O–H groups in total. The minimum absolute atomic E-state index is 0. The number of hydrogen-bond acceptors (Lipinski definition) is 17. The molecule has 82 heavy (non-hydrogen) atoms. The van der Waals surface area contributed by atoms with Crippen LogP contribution in [-0.4, -0.2) is 144 Å². The largest absolute Gasteiger partial charge is 3.00 e. The molecule has 2 amide bonds. The molecule has 0 aliphatic carbocycles. The minimum atomic E-state index is -1.54. The van der Waals surface area contributed by atoms with Gasteiger partial charge >= 0.3 is 46.6 Å². The number of nitrogen functional groups attached to an aromatic ring is 1. The number of imidazole rings is 1. The summed E-state index contributed by atoms with van der Waals surface area (Å²) in [6.07, 6.45) is -1.58. The predicted molar refractivity (Wildman–Crippen MR) is 292 cm³/mol. The van der Waals surface area contributed by atoms with E-state index in [2.05, 4.69) is 21.9 Å². The number of fused-ring (bicyclic) bond motifs is 7. The molecule has 8 heterocycles. The number of aliphatic imine (C=N–C) groups is 3. The number of carboxylic acid groups (broad SMARTS) is 5. The number of carbonyl (C=O) groups is 7. The number of ether oxygens (including phenoxy) is 1. The van der Waals surface area contributed by atoms with E-state index in [1.807, 2.05) is 13.8 Å². The molecular formula is C55H73CoN11O15+. The van der Waals surface area contributed by atoms with Gasteiger partial charge in [-0.25, -0.2) is 15.0 Å². The fraction of sp³-hybridized carbons (Fsp3) is 0.600. The van der Waals surface area contributed by atoms with Gasteiger partial charge in [0.1, 0.15) is 17.9 Å². The molecule has 0 unspecified atom stereocenters. The van der Waals surface area contributed by atoms with E-state index in [-0.39, 0.29) is 86.8 Å². The van der Waals surface area contributed by atoms with Crippen molar-refractivity contribution in [3.05, 3.63) is 59.2 Å². The van der Waals surface area contributed by atoms with Crippen molar-refractivity contribution in [2.24, 2.45) is 71.8 Å². The van der Waals surface area contributed by atoms with E-state index in [9.17, 15) is 69.3 Å². The van der Waals surface area contributed by atoms with E-state index in [4.69, 9.17) is 42.2 Å². The fourth-order valence-corrected chi connectivity index (χ4v) is 13.8. The van der Waals surface area contributed by atoms with E-state index < -0.39 is 130 Å². The van der Waals surface area contributed by atoms with Crippen molar-refractivity contribution in [2.45, 2.75) is 162 Å². The van der Waals surface area contributed by atoms with Gasteiger partial charge in [0.15, 0.2) is 17.7 Å². The summed E-state index contributed by atoms with van der Waals surface area (Å²) < 4.78 is 6.90. The number of nitrogens with two attached hydrogens (primary N) is 3. The van der Waals surface area contributed by atoms with Crippen LogP contribution in [0.5, 0.6) is 0 Å². The number of primary amides is 2. The van der Waals surface area contributed by atoms with Gasteiger partial charge in [-0.05, 0) is 81.1 Å². The van der Waals surface area contributed by atoms with Crippen LogP contribution in [0.1, 0.15) is 132 Å². The Morgan fingerprint density at radius 1 is 0.720 bits per heavy atom. The first kappa shape index (κ1) is 64.2. The molecule has 13 atom stereocenters. The van der Waals surface area contributed by atoms with Crippen molar-refractivity contribution in [1.29, 1.82) is 0 Å². The molecule has 446 valence electrons. The molecule has 6 aliphatic rings. The maximum atomic E-state index is 13.3. The SMILES string of the molecule is C/C1=C2/[N-][C@H]([C@H](CC(=O)O)[C@@]2(C)CCC(=O)O)[C@]2(C)N=C(/C(C)=C3N=C(/C=C4N=C1[C@@H](CCC(=O)O)C\4(C)C)[C@@H](CCC(=O)O)[C@]\3(C)CC(N)=O)[C@@H](CCC(=O)O)[C@]2(C)CC(N)=O.[CH2-][C@H]1O[C@@H](n2cnc3c(N)ncnc32)[C@H](O)[C@@H]1O.[Co+3]. The van der Waals surface area contributed by atoms with E-state index in [0.29, 0.717) is 56.5 Å². The zero-order chi connectivity index (χ0) is 60.2. The third kappa shape index (κ3) is 11.6. The van der Waals surface area contributed by atoms with Crippen molar-refractivity contribution < 1.29 is 90.8 Å². The van der Waals surface area contributed by atoms with Crippen molar-refractivity contribution in [3.63, 3.8) is 0 Å². The fourth-order valence-electron chi connectivity index (χ4n) is 13.8. The van der Waals surface area contributed by atoms with Gasteiger partial charge in [0, 0.05) is 102 Å². The summed E-state index contributed by atoms with van der Waals surface area (Å²) in [4.78, 5) is 116. The average molecular weight is 1190 g/mol. The Morgan fingerprint density at radius 3 is 1.83 bits per heavy atom. The number of aliphatic hydroxyl groups is 2. The molecule has 0 spiro atoms. The number of carbonyl (C=O) groups excluding carboxylic acids is 2. The van der Waals surface area contributed by atoms with Crippen LogP contribution in [0.15, 0.2) is 61.9 Å². The number of anilines is 1. The maximum Gasteiger partial charge on any atom is 3.00 e. The minimum Gasteiger partial charge on any atom is -0.682 e. The molecule has 6 aliphatic heterocycles. The Labute approximate surface area is 483 Å². The first-order valence-corrected chi connectivity index (χ1v) is 26.7. The summed E-state index contributed by atoms with van der Waals surface area (Å²) in [6.45, 7) is 17.9. The average Bonchev–Trinajstić information content (AvgIpc) is 2.58. The van der Waals surface area contributed by atoms with Crippen LogP contribution in [0.4, 0.5) is 5.82 Å². The molecule has 8 bridgehead atoms. The molecule has 0 saturated carbocycles. The molecule has 0 radical (unpaired) electrons. The van der Waals surface area contributed by atoms with E-state index in [1.165, 1.54) is 17.2 Å². The Balaban J connectivity index is 0.000000477. The van der Waals surface area contributed by atoms with Crippen molar-refractivity contribution >= 4 is 75.8 Å². The number of hydrogen-bond donors (Lipinski definition) is 10. The zero-order valence-electron chi connectivity index (χ0n) is 47.0. The Bertz CT molecular complexity index is 3150. The number of nitrogens with zero attached hydrogens (tertiary/aromatic N) is 8. The number of carboxylic acids is 5. The van der Waals surface area contributed by atoms with E-state index in [0.717, 1.165) is 0 Å². The second-order valence-corrected chi connectivity index (χ2v) is 23.7. The second-order valence-electron chi connectivity index (χ2n) is 23.7. The summed E-state index contributed by atoms with van der Waals surface area (Å²) in [5, 5.41) is 75.5. The molecule has 2 aromatic heterocycles. The summed E-state index contributed by atoms with van der Waals surface area (Å²) >= 11 is 0. The second kappa shape index (κ2) is 23.7. The Kier molecular flexibility index (Phi) is 18.6. The monoisotopic (exact) mass is 1190 g/mol. The van der Waals surface area contributed by atoms with Crippen LogP contribution >= 0.6 is 0 Å². The van der Waals surface area contributed by atoms with Gasteiger partial charge in [0.05, 0.1) is 23.7 Å². The van der Waals surface area contributed by atoms with Gasteiger partial charge in [-0.3, -0.25) is 53.1 Å². The van der Waals surface area contributed by atoms with Crippen molar-refractivity contribution in [3.8, 4) is 0 Å². The third-order valence-corrected chi connectivity index (χ3v) is 18.2. The summed E-state index contributed by atoms with van der Waals surface area (Å²) in [7, 11) is 0. The van der Waals surface area contributed by atoms with Crippen LogP contribution in [-0.2, 0) is 55.1 Å². The number of rotatable bonds is 19. The summed E-state index contributed by atoms with van der Waals surface area (Å²) in [5.74, 6) is -9.93. The number of aliphatic carboxylic acids is 5. The van der Waals surface area contributed by atoms with E-state index >= 15 is 0 Å². The number of allylic oxidation sites excluding steroid dienone is 6. The summed E-state index contributed by atoms with van der Waals surface area (Å²) in [5.41, 5.74) is 15.4. The number of amides is 2. The Morgan fingerprint density at radius 2 is 1.29 bits per heavy atom. The zero-order valence-corrected chi connectivity index (χ0v) is 48.0. The molecule has 0 aromatic carbocycles. The molecule has 27 heteroatoms. The van der Waals surface area contributed by atoms with Crippen molar-refractivity contribution in [1.82, 2.24) is 19.5 Å². The quantitative estimate of drug-likeness (QED) is 0.0873. The number of aliphatic hydroxyl groups excluding tert-OH is 2. The van der Waals surface area contributed by atoms with E-state index in [1.54, 1.807) is 47.6 Å². The van der Waals surface area contributed by atoms with Gasteiger partial charge in [0.25, 0.3) is 0 Å². The van der Waals surface area contributed by atoms with Gasteiger partial charge < -0.3 is 69.9 Å². The summed E-state index contributed by atoms with van der Waals surface area (Å²) in [6, 6.07) is -1.08. The Hall–Kier alpha value is -6.94. The van der Waals surface area contributed by atoms with Crippen LogP contribution < -0.4 is 17.2 Å². The van der Waals surface area contributed by atoms with Crippen molar-refractivity contribution in [2.75, 3.05) is 5.73 Å². The van der Waals surface area contributed by atoms with Gasteiger partial charge in [-0.2, -0.15) is 5.70 Å². The maximum absolute atomic E-state index is 13.3. The third-order valence-electron chi connectivity index (χ3n) is 18.2. The van der Waals surface area contributed by atoms with Gasteiger partial charge in [0.2, 0.25) is 11.8 Å². The molecule has 26 nitrogen and oxygen atoms in total. The van der Waals surface area contributed by atoms with Crippen LogP contribution in [0, 0.1) is 52.3 Å². The molecule has 8 rings (SSSR count). The predicted octanol–water partition coefficient (Wildman–Crippen LogP) is 4.36. The number of aromatic nitrogens is 4. The van der Waals surface area contributed by atoms with Gasteiger partial charge in [-0.15, -0.1) is 0 Å². The van der Waals surface area contributed by atoms with Crippen LogP contribution in [0.3, 0.4) is 0 Å². The van der Waals surface area contributed by atoms with Gasteiger partial charge in [-0.1, -0.05) is 40.7 Å². The topological polar surface area (TPSA) is 443 Å². The smallest absolute Gasteiger partial charge is 0.682 e. The van der Waals surface area contributed by atoms with Crippen LogP contribution in [0.2, 0.25) is 0 Å². The molecular weight excluding hydrogens is 1110 g/mol. The standard InChI is InChI=1S/C45H62N6O12.C10H12N5O3.Co/c1-21-36-24(10-13-32(56)57)41(3,4)28(49-36)18-27-23(9-12-31(54)55)43(6,19-29(46)52)39(48-27)22(2)37-25(11-14-33(58)59)44(7,20-30(47)53)45(8,51-37)40-26(17-35(62)63)42(5,38(21)50-40)16-15-34(60)61;1-4-6(16)7(17)10(18-4)15-3-14-5-8(11)12-2-13-9(5)15;/h18,23-26,40H,9-17,19-20H2,1-8H3,(H10,46,47,48,49,50,51,52,53,54,55,56,57,58,59,60,61,62,63);2-4,6-7,10,16-17H,1H2,(H2,11,12,13);/q;-1;+3/p-1/t23-,24-,25-,26+,40-,42-,43+,44+,45+;4-,6-,7-,10-;/m11./s1. The molecule has 2 aromatic rings. The first-order valence-electron chi connectivity index (χ1n) is 26.7. The normalized spacial score (nSPS) is 34.8. The molecule has 2 saturated heterocycles. The van der Waals surface area contributed by atoms with Crippen LogP contribution in [0.25, 0.3) is 16.5 Å².